The van der Waals surface area contributed by atoms with Crippen LogP contribution >= 0.6 is 23.5 Å². The molecule has 11 rings (SSSR count). The molecule has 11 heterocycles. The number of phosphoric acid groups is 3. The lowest BCUT2D eigenvalue weighted by molar-refractivity contribution is -0.421. The lowest BCUT2D eigenvalue weighted by Crippen LogP contribution is -2.66. The molecule has 0 radical (unpaired) electrons. The molecule has 6 atom stereocenters. The molecule has 0 aromatic heterocycles. The average Bonchev–Trinajstić information content (AvgIpc) is 3.16. The van der Waals surface area contributed by atoms with Crippen LogP contribution in [0.1, 0.15) is 0 Å². The van der Waals surface area contributed by atoms with Gasteiger partial charge in [0.2, 0.25) is 17.7 Å². The summed E-state index contributed by atoms with van der Waals surface area (Å²) in [6, 6.07) is 0. The van der Waals surface area contributed by atoms with Crippen molar-refractivity contribution in [3.63, 3.8) is 0 Å². The molecule has 2 spiro atoms. The van der Waals surface area contributed by atoms with Crippen LogP contribution in [0.5, 0.6) is 0 Å². The van der Waals surface area contributed by atoms with Gasteiger partial charge in [-0.15, -0.1) is 13.9 Å². The van der Waals surface area contributed by atoms with Crippen LogP contribution in [-0.4, -0.2) is 57.9 Å². The average molecular weight is 489 g/mol. The molecule has 0 aliphatic carbocycles. The van der Waals surface area contributed by atoms with Crippen molar-refractivity contribution in [2.75, 3.05) is 13.3 Å². The summed E-state index contributed by atoms with van der Waals surface area (Å²) < 4.78 is 91.8. The first-order valence-corrected chi connectivity index (χ1v) is 12.5. The van der Waals surface area contributed by atoms with E-state index in [0.29, 0.717) is 5.23 Å². The Hall–Kier alpha value is -1.10. The standard InChI is InChI=1S/C9H6N3O15P3/c13-1-7-8-6-9(20-7,24-30(16,22-7)23-8)11-2-10-4(12-25-29(15,19-6)26-12)3-5(11)18-28(14,17-3)27-21-8/h6,13H,1-2H2/t6-,7-,8+,9?,28?,30?/m1/s1. The Morgan fingerprint density at radius 3 is 2.73 bits per heavy atom. The van der Waals surface area contributed by atoms with Gasteiger partial charge in [-0.3, -0.25) is 14.2 Å². The fourth-order valence-corrected chi connectivity index (χ4v) is 8.21. The topological polar surface area (TPSA) is 192 Å². The van der Waals surface area contributed by atoms with Crippen LogP contribution in [-0.2, 0) is 64.4 Å². The molecule has 11 aliphatic heterocycles. The number of rotatable bonds is 1. The van der Waals surface area contributed by atoms with Crippen LogP contribution in [0.4, 0.5) is 0 Å². The zero-order valence-corrected chi connectivity index (χ0v) is 16.5. The molecule has 6 fully saturated rings. The van der Waals surface area contributed by atoms with E-state index in [9.17, 15) is 18.8 Å². The molecule has 1 N–H and O–H groups in total. The summed E-state index contributed by atoms with van der Waals surface area (Å²) >= 11 is 0. The minimum atomic E-state index is -4.54. The summed E-state index contributed by atoms with van der Waals surface area (Å²) in [5, 5.41) is 10.7. The van der Waals surface area contributed by atoms with E-state index < -0.39 is 53.7 Å². The number of fused-ring (bicyclic) bond motifs is 1. The number of hydrogen-bond donors (Lipinski definition) is 1. The fraction of sp³-hybridized carbons (Fsp3) is 0.667. The molecule has 0 saturated carbocycles. The number of hydrogen-bond acceptors (Lipinski definition) is 18. The SMILES string of the molecule is O=P12OO[C@@]34OP5(=O)OC6(O[C@]3(CO)O5)[C@@H]4OP3(=O)ON(O3)C3=NCN6C(=C3O1)O2. The van der Waals surface area contributed by atoms with Crippen molar-refractivity contribution in [1.29, 1.82) is 0 Å². The van der Waals surface area contributed by atoms with E-state index in [0.717, 1.165) is 4.90 Å². The van der Waals surface area contributed by atoms with Gasteiger partial charge in [-0.1, -0.05) is 5.23 Å². The second kappa shape index (κ2) is 4.51. The molecule has 18 nitrogen and oxygen atoms in total. The van der Waals surface area contributed by atoms with E-state index in [1.54, 1.807) is 0 Å². The number of amidine groups is 1. The molecule has 11 aliphatic rings. The van der Waals surface area contributed by atoms with Crippen molar-refractivity contribution >= 4 is 29.3 Å². The summed E-state index contributed by atoms with van der Waals surface area (Å²) in [4.78, 5) is 10.4. The van der Waals surface area contributed by atoms with Gasteiger partial charge in [-0.05, 0) is 0 Å². The molecular weight excluding hydrogens is 483 g/mol. The van der Waals surface area contributed by atoms with Crippen LogP contribution in [0.2, 0.25) is 0 Å². The number of aliphatic hydroxyl groups excluding tert-OH is 1. The Morgan fingerprint density at radius 1 is 1.10 bits per heavy atom. The van der Waals surface area contributed by atoms with E-state index in [2.05, 4.69) is 4.99 Å². The molecule has 30 heavy (non-hydrogen) atoms. The van der Waals surface area contributed by atoms with Crippen molar-refractivity contribution in [3.05, 3.63) is 11.6 Å². The molecule has 11 bridgehead atoms. The highest BCUT2D eigenvalue weighted by Gasteiger charge is 2.94. The minimum absolute atomic E-state index is 0.227. The van der Waals surface area contributed by atoms with Gasteiger partial charge >= 0.3 is 35.2 Å². The zero-order valence-electron chi connectivity index (χ0n) is 13.8. The summed E-state index contributed by atoms with van der Waals surface area (Å²) in [7, 11) is -13.4. The van der Waals surface area contributed by atoms with Gasteiger partial charge in [-0.25, -0.2) is 32.3 Å². The van der Waals surface area contributed by atoms with Gasteiger partial charge in [0.1, 0.15) is 13.3 Å². The number of ether oxygens (including phenoxy) is 1. The highest BCUT2D eigenvalue weighted by Crippen LogP contribution is 2.82. The third kappa shape index (κ3) is 1.61. The lowest BCUT2D eigenvalue weighted by Gasteiger charge is -2.50. The maximum Gasteiger partial charge on any atom is 0.617 e. The van der Waals surface area contributed by atoms with Gasteiger partial charge in [0, 0.05) is 0 Å². The van der Waals surface area contributed by atoms with Crippen molar-refractivity contribution in [2.45, 2.75) is 23.6 Å². The van der Waals surface area contributed by atoms with E-state index in [4.69, 9.17) is 50.7 Å². The maximum atomic E-state index is 13.1. The predicted molar refractivity (Wildman–Crippen MR) is 76.8 cm³/mol. The summed E-state index contributed by atoms with van der Waals surface area (Å²) in [6.45, 7) is -1.41. The number of hydroxylamine groups is 2. The Labute approximate surface area is 163 Å². The number of aliphatic hydroxyl groups is 1. The molecule has 162 valence electrons. The summed E-state index contributed by atoms with van der Waals surface area (Å²) in [6.07, 6.45) is -1.85. The van der Waals surface area contributed by atoms with E-state index >= 15 is 0 Å². The van der Waals surface area contributed by atoms with E-state index in [1.807, 2.05) is 0 Å². The van der Waals surface area contributed by atoms with Crippen molar-refractivity contribution in [2.24, 2.45) is 4.99 Å². The first-order chi connectivity index (χ1) is 14.2. The highest BCUT2D eigenvalue weighted by atomic mass is 31.2. The third-order valence-electron chi connectivity index (χ3n) is 5.27. The molecular formula is C9H6N3O15P3. The first-order valence-electron chi connectivity index (χ1n) is 8.12. The quantitative estimate of drug-likeness (QED) is 0.378. The molecule has 6 saturated heterocycles. The van der Waals surface area contributed by atoms with Crippen LogP contribution < -0.4 is 0 Å². The fourth-order valence-electron chi connectivity index (χ4n) is 4.15. The predicted octanol–water partition coefficient (Wildman–Crippen LogP) is -0.117. The largest absolute Gasteiger partial charge is 0.617 e. The zero-order chi connectivity index (χ0) is 20.4. The Bertz CT molecular complexity index is 1160. The molecule has 0 aromatic rings. The summed E-state index contributed by atoms with van der Waals surface area (Å²) in [5.41, 5.74) is 0. The van der Waals surface area contributed by atoms with Crippen LogP contribution in [0.3, 0.4) is 0 Å². The van der Waals surface area contributed by atoms with Gasteiger partial charge in [0.05, 0.1) is 0 Å². The molecule has 0 amide bonds. The van der Waals surface area contributed by atoms with Gasteiger partial charge in [0.15, 0.2) is 0 Å². The number of phosphoric ester groups is 2. The highest BCUT2D eigenvalue weighted by molar-refractivity contribution is 7.50. The van der Waals surface area contributed by atoms with Gasteiger partial charge in [0.25, 0.3) is 11.7 Å². The van der Waals surface area contributed by atoms with Crippen molar-refractivity contribution in [3.8, 4) is 0 Å². The smallest absolute Gasteiger partial charge is 0.391 e. The normalized spacial score (nSPS) is 58.3. The monoisotopic (exact) mass is 489 g/mol. The maximum absolute atomic E-state index is 13.1. The second-order valence-corrected chi connectivity index (χ2v) is 11.1. The van der Waals surface area contributed by atoms with Crippen LogP contribution in [0, 0.1) is 0 Å². The third-order valence-corrected chi connectivity index (χ3v) is 8.99. The lowest BCUT2D eigenvalue weighted by atomic mass is 10.0. The molecule has 0 aromatic carbocycles. The van der Waals surface area contributed by atoms with Crippen LogP contribution in [0.25, 0.3) is 0 Å². The second-order valence-electron chi connectivity index (χ2n) is 6.86. The Kier molecular flexibility index (Phi) is 2.62. The number of aliphatic imine (C=N–C) groups is 1. The minimum Gasteiger partial charge on any atom is -0.391 e. The number of nitrogens with zero attached hydrogens (tertiary/aromatic N) is 3. The Morgan fingerprint density at radius 2 is 1.93 bits per heavy atom. The van der Waals surface area contributed by atoms with Gasteiger partial charge in [-0.2, -0.15) is 4.89 Å². The Balaban J connectivity index is 1.48. The van der Waals surface area contributed by atoms with Crippen molar-refractivity contribution in [1.82, 2.24) is 10.1 Å². The summed E-state index contributed by atoms with van der Waals surface area (Å²) in [5.74, 6) is -8.24. The molecule has 3 unspecified atom stereocenters. The van der Waals surface area contributed by atoms with E-state index in [1.165, 1.54) is 0 Å². The van der Waals surface area contributed by atoms with E-state index in [-0.39, 0.29) is 24.1 Å². The first kappa shape index (κ1) is 17.5. The molecule has 21 heteroatoms. The van der Waals surface area contributed by atoms with Gasteiger partial charge < -0.3 is 14.2 Å². The van der Waals surface area contributed by atoms with Crippen LogP contribution in [0.15, 0.2) is 16.6 Å². The van der Waals surface area contributed by atoms with Crippen molar-refractivity contribution < 1.29 is 69.5 Å².